The molecule has 0 bridgehead atoms. The van der Waals surface area contributed by atoms with Gasteiger partial charge in [-0.3, -0.25) is 0 Å². The molecule has 2 aliphatic heterocycles. The normalized spacial score (nSPS) is 23.8. The molecule has 1 unspecified atom stereocenters. The van der Waals surface area contributed by atoms with Gasteiger partial charge in [0.15, 0.2) is 11.8 Å². The van der Waals surface area contributed by atoms with Gasteiger partial charge in [-0.25, -0.2) is 4.99 Å². The Kier molecular flexibility index (Phi) is 6.22. The van der Waals surface area contributed by atoms with Crippen LogP contribution in [-0.4, -0.2) is 70.5 Å². The second-order valence-corrected chi connectivity index (χ2v) is 8.10. The van der Waals surface area contributed by atoms with Gasteiger partial charge in [0.1, 0.15) is 12.4 Å². The van der Waals surface area contributed by atoms with Crippen molar-refractivity contribution >= 4 is 17.7 Å². The molecule has 2 fully saturated rings. The maximum absolute atomic E-state index is 5.66. The molecule has 0 amide bonds. The Morgan fingerprint density at radius 2 is 2.28 bits per heavy atom. The van der Waals surface area contributed by atoms with E-state index >= 15 is 0 Å². The van der Waals surface area contributed by atoms with Crippen LogP contribution in [0.3, 0.4) is 0 Å². The summed E-state index contributed by atoms with van der Waals surface area (Å²) in [5.74, 6) is 3.99. The van der Waals surface area contributed by atoms with Crippen molar-refractivity contribution in [2.75, 3.05) is 44.9 Å². The van der Waals surface area contributed by atoms with Crippen molar-refractivity contribution in [3.8, 4) is 0 Å². The fourth-order valence-electron chi connectivity index (χ4n) is 3.51. The lowest BCUT2D eigenvalue weighted by atomic mass is 9.87. The third kappa shape index (κ3) is 4.47. The van der Waals surface area contributed by atoms with E-state index in [9.17, 15) is 0 Å². The highest BCUT2D eigenvalue weighted by molar-refractivity contribution is 7.98. The number of aromatic nitrogens is 3. The van der Waals surface area contributed by atoms with E-state index in [1.165, 1.54) is 18.6 Å². The maximum atomic E-state index is 5.66. The first-order chi connectivity index (χ1) is 12.1. The van der Waals surface area contributed by atoms with E-state index in [4.69, 9.17) is 9.73 Å². The summed E-state index contributed by atoms with van der Waals surface area (Å²) in [4.78, 5) is 7.26. The molecule has 1 atom stereocenters. The molecule has 2 aliphatic rings. The van der Waals surface area contributed by atoms with Crippen molar-refractivity contribution in [2.24, 2.45) is 17.5 Å². The highest BCUT2D eigenvalue weighted by atomic mass is 32.2. The van der Waals surface area contributed by atoms with Crippen molar-refractivity contribution in [3.05, 3.63) is 11.6 Å². The van der Waals surface area contributed by atoms with E-state index in [0.29, 0.717) is 12.0 Å². The zero-order valence-corrected chi connectivity index (χ0v) is 16.4. The number of guanidine groups is 1. The molecular formula is C17H30N6OS. The minimum absolute atomic E-state index is 0.336. The van der Waals surface area contributed by atoms with Crippen LogP contribution < -0.4 is 5.32 Å². The Balaban J connectivity index is 1.66. The summed E-state index contributed by atoms with van der Waals surface area (Å²) in [7, 11) is 1.99. The van der Waals surface area contributed by atoms with Gasteiger partial charge in [0.2, 0.25) is 0 Å². The molecule has 3 heterocycles. The van der Waals surface area contributed by atoms with Gasteiger partial charge in [-0.2, -0.15) is 11.8 Å². The van der Waals surface area contributed by atoms with Crippen LogP contribution in [0.2, 0.25) is 0 Å². The van der Waals surface area contributed by atoms with Crippen LogP contribution in [0.25, 0.3) is 0 Å². The fourth-order valence-corrected chi connectivity index (χ4v) is 3.94. The van der Waals surface area contributed by atoms with Gasteiger partial charge in [0, 0.05) is 38.7 Å². The number of rotatable bonds is 6. The van der Waals surface area contributed by atoms with Crippen LogP contribution >= 0.6 is 11.8 Å². The largest absolute Gasteiger partial charge is 0.381 e. The van der Waals surface area contributed by atoms with Gasteiger partial charge < -0.3 is 19.5 Å². The van der Waals surface area contributed by atoms with Crippen molar-refractivity contribution in [1.29, 1.82) is 0 Å². The quantitative estimate of drug-likeness (QED) is 0.467. The standard InChI is InChI=1S/C17H30N6OS/c1-14-20-21-15(22(14)2)11-19-16(18-7-4-10-25-3)23-8-5-17(12-23)6-9-24-13-17/h4-13H2,1-3H3,(H,18,19). The molecule has 1 aromatic rings. The number of likely N-dealkylation sites (tertiary alicyclic amines) is 1. The van der Waals surface area contributed by atoms with Crippen LogP contribution in [0, 0.1) is 12.3 Å². The molecule has 140 valence electrons. The molecule has 1 spiro atoms. The summed E-state index contributed by atoms with van der Waals surface area (Å²) >= 11 is 1.88. The van der Waals surface area contributed by atoms with Gasteiger partial charge >= 0.3 is 0 Å². The molecular weight excluding hydrogens is 336 g/mol. The zero-order valence-electron chi connectivity index (χ0n) is 15.6. The van der Waals surface area contributed by atoms with Crippen LogP contribution in [0.1, 0.15) is 30.9 Å². The summed E-state index contributed by atoms with van der Waals surface area (Å²) in [6, 6.07) is 0. The van der Waals surface area contributed by atoms with Gasteiger partial charge in [-0.05, 0) is 38.2 Å². The Labute approximate surface area is 154 Å². The average Bonchev–Trinajstić information content (AvgIpc) is 3.32. The lowest BCUT2D eigenvalue weighted by molar-refractivity contribution is 0.156. The van der Waals surface area contributed by atoms with Crippen LogP contribution in [0.5, 0.6) is 0 Å². The second kappa shape index (κ2) is 8.40. The number of ether oxygens (including phenoxy) is 1. The summed E-state index contributed by atoms with van der Waals surface area (Å²) in [6.45, 7) is 7.37. The Morgan fingerprint density at radius 1 is 1.40 bits per heavy atom. The Morgan fingerprint density at radius 3 is 2.96 bits per heavy atom. The zero-order chi connectivity index (χ0) is 17.7. The number of aliphatic imine (C=N–C) groups is 1. The van der Waals surface area contributed by atoms with Crippen molar-refractivity contribution in [2.45, 2.75) is 32.7 Å². The summed E-state index contributed by atoms with van der Waals surface area (Å²) < 4.78 is 7.66. The van der Waals surface area contributed by atoms with Crippen LogP contribution in [-0.2, 0) is 18.3 Å². The topological polar surface area (TPSA) is 67.6 Å². The van der Waals surface area contributed by atoms with Gasteiger partial charge in [-0.1, -0.05) is 0 Å². The predicted octanol–water partition coefficient (Wildman–Crippen LogP) is 1.43. The first kappa shape index (κ1) is 18.5. The monoisotopic (exact) mass is 366 g/mol. The second-order valence-electron chi connectivity index (χ2n) is 7.11. The number of nitrogens with zero attached hydrogens (tertiary/aromatic N) is 5. The molecule has 8 heteroatoms. The number of nitrogens with one attached hydrogen (secondary N) is 1. The fraction of sp³-hybridized carbons (Fsp3) is 0.824. The third-order valence-corrected chi connectivity index (χ3v) is 5.98. The summed E-state index contributed by atoms with van der Waals surface area (Å²) in [5.41, 5.74) is 0.336. The van der Waals surface area contributed by atoms with Gasteiger partial charge in [0.25, 0.3) is 0 Å². The first-order valence-electron chi connectivity index (χ1n) is 9.08. The summed E-state index contributed by atoms with van der Waals surface area (Å²) in [6.07, 6.45) is 5.66. The molecule has 7 nitrogen and oxygen atoms in total. The molecule has 0 aromatic carbocycles. The molecule has 0 aliphatic carbocycles. The number of thioether (sulfide) groups is 1. The molecule has 3 rings (SSSR count). The first-order valence-corrected chi connectivity index (χ1v) is 10.5. The van der Waals surface area contributed by atoms with Crippen molar-refractivity contribution in [3.63, 3.8) is 0 Å². The highest BCUT2D eigenvalue weighted by Gasteiger charge is 2.42. The van der Waals surface area contributed by atoms with Crippen LogP contribution in [0.15, 0.2) is 4.99 Å². The van der Waals surface area contributed by atoms with E-state index in [2.05, 4.69) is 26.7 Å². The van der Waals surface area contributed by atoms with Crippen molar-refractivity contribution < 1.29 is 4.74 Å². The maximum Gasteiger partial charge on any atom is 0.194 e. The molecule has 1 aromatic heterocycles. The third-order valence-electron chi connectivity index (χ3n) is 5.28. The van der Waals surface area contributed by atoms with Crippen LogP contribution in [0.4, 0.5) is 0 Å². The average molecular weight is 367 g/mol. The molecule has 1 N–H and O–H groups in total. The minimum Gasteiger partial charge on any atom is -0.381 e. The smallest absolute Gasteiger partial charge is 0.194 e. The Bertz CT molecular complexity index is 596. The van der Waals surface area contributed by atoms with E-state index in [0.717, 1.165) is 56.9 Å². The number of hydrogen-bond acceptors (Lipinski definition) is 5. The number of aryl methyl sites for hydroxylation is 1. The molecule has 25 heavy (non-hydrogen) atoms. The van der Waals surface area contributed by atoms with E-state index < -0.39 is 0 Å². The summed E-state index contributed by atoms with van der Waals surface area (Å²) in [5, 5.41) is 11.9. The van der Waals surface area contributed by atoms with E-state index in [1.807, 2.05) is 30.3 Å². The molecule has 2 saturated heterocycles. The van der Waals surface area contributed by atoms with Crippen molar-refractivity contribution in [1.82, 2.24) is 25.0 Å². The Hall–Kier alpha value is -1.28. The van der Waals surface area contributed by atoms with Gasteiger partial charge in [-0.15, -0.1) is 10.2 Å². The minimum atomic E-state index is 0.336. The van der Waals surface area contributed by atoms with E-state index in [1.54, 1.807) is 0 Å². The highest BCUT2D eigenvalue weighted by Crippen LogP contribution is 2.38. The SMILES string of the molecule is CSCCCNC(=NCc1nnc(C)n1C)N1CCC2(CCOC2)C1. The molecule has 0 saturated carbocycles. The van der Waals surface area contributed by atoms with Gasteiger partial charge in [0.05, 0.1) is 6.61 Å². The molecule has 0 radical (unpaired) electrons. The lowest BCUT2D eigenvalue weighted by Gasteiger charge is -2.25. The van der Waals surface area contributed by atoms with E-state index in [-0.39, 0.29) is 0 Å². The predicted molar refractivity (Wildman–Crippen MR) is 102 cm³/mol. The lowest BCUT2D eigenvalue weighted by Crippen LogP contribution is -2.42. The number of hydrogen-bond donors (Lipinski definition) is 1.